The predicted octanol–water partition coefficient (Wildman–Crippen LogP) is 3.72. The van der Waals surface area contributed by atoms with Gasteiger partial charge in [0.2, 0.25) is 15.9 Å². The first-order chi connectivity index (χ1) is 12.9. The van der Waals surface area contributed by atoms with Gasteiger partial charge in [-0.2, -0.15) is 0 Å². The number of carbonyl (C=O) groups excluding carboxylic acids is 1. The molecule has 2 fully saturated rings. The summed E-state index contributed by atoms with van der Waals surface area (Å²) in [7, 11) is -3.37. The maximum Gasteiger partial charge on any atom is 0.223 e. The van der Waals surface area contributed by atoms with E-state index in [1.54, 1.807) is 24.3 Å². The summed E-state index contributed by atoms with van der Waals surface area (Å²) < 4.78 is 26.9. The minimum absolute atomic E-state index is 0.0247. The number of nitrogens with one attached hydrogen (secondary N) is 1. The molecule has 3 rings (SSSR count). The van der Waals surface area contributed by atoms with Crippen LogP contribution in [0.5, 0.6) is 0 Å². The lowest BCUT2D eigenvalue weighted by molar-refractivity contribution is -0.126. The maximum atomic E-state index is 12.7. The third-order valence-electron chi connectivity index (χ3n) is 5.68. The van der Waals surface area contributed by atoms with Crippen LogP contribution in [-0.4, -0.2) is 37.8 Å². The quantitative estimate of drug-likeness (QED) is 0.749. The highest BCUT2D eigenvalue weighted by molar-refractivity contribution is 7.88. The minimum Gasteiger partial charge on any atom is -0.353 e. The molecule has 1 saturated carbocycles. The van der Waals surface area contributed by atoms with E-state index in [-0.39, 0.29) is 17.6 Å². The first kappa shape index (κ1) is 20.6. The van der Waals surface area contributed by atoms with Crippen molar-refractivity contribution in [1.82, 2.24) is 9.62 Å². The normalized spacial score (nSPS) is 20.9. The molecule has 1 heterocycles. The highest BCUT2D eigenvalue weighted by Crippen LogP contribution is 2.24. The van der Waals surface area contributed by atoms with Gasteiger partial charge in [-0.25, -0.2) is 12.7 Å². The first-order valence-electron chi connectivity index (χ1n) is 9.97. The van der Waals surface area contributed by atoms with Crippen molar-refractivity contribution in [1.29, 1.82) is 0 Å². The Hall–Kier alpha value is -1.11. The van der Waals surface area contributed by atoms with Crippen LogP contribution < -0.4 is 5.32 Å². The summed E-state index contributed by atoms with van der Waals surface area (Å²) in [5.41, 5.74) is 0.729. The molecule has 0 bridgehead atoms. The molecule has 0 aromatic heterocycles. The van der Waals surface area contributed by atoms with E-state index in [0.29, 0.717) is 37.0 Å². The van der Waals surface area contributed by atoms with Crippen molar-refractivity contribution >= 4 is 27.5 Å². The molecule has 1 aliphatic heterocycles. The summed E-state index contributed by atoms with van der Waals surface area (Å²) in [6, 6.07) is 7.19. The van der Waals surface area contributed by atoms with E-state index in [0.717, 1.165) is 18.4 Å². The van der Waals surface area contributed by atoms with Crippen LogP contribution in [0, 0.1) is 5.92 Å². The molecule has 0 spiro atoms. The van der Waals surface area contributed by atoms with Crippen LogP contribution in [-0.2, 0) is 20.6 Å². The predicted molar refractivity (Wildman–Crippen MR) is 108 cm³/mol. The average Bonchev–Trinajstić information content (AvgIpc) is 2.92. The van der Waals surface area contributed by atoms with Gasteiger partial charge in [0.05, 0.1) is 5.75 Å². The Morgan fingerprint density at radius 1 is 1.00 bits per heavy atom. The Labute approximate surface area is 167 Å². The van der Waals surface area contributed by atoms with Gasteiger partial charge in [0.25, 0.3) is 0 Å². The zero-order valence-electron chi connectivity index (χ0n) is 15.7. The summed E-state index contributed by atoms with van der Waals surface area (Å²) in [4.78, 5) is 12.6. The van der Waals surface area contributed by atoms with Crippen LogP contribution in [0.15, 0.2) is 24.3 Å². The SMILES string of the molecule is O=C(NC1CCCCCC1)C1CCN(S(=O)(=O)Cc2ccc(Cl)cc2)CC1. The summed E-state index contributed by atoms with van der Waals surface area (Å²) in [5.74, 6) is 0.00946. The van der Waals surface area contributed by atoms with E-state index in [9.17, 15) is 13.2 Å². The molecule has 0 radical (unpaired) electrons. The molecule has 27 heavy (non-hydrogen) atoms. The standard InChI is InChI=1S/C20H29ClN2O3S/c21-18-9-7-16(8-10-18)15-27(25,26)23-13-11-17(12-14-23)20(24)22-19-5-3-1-2-4-6-19/h7-10,17,19H,1-6,11-15H2,(H,22,24). The van der Waals surface area contributed by atoms with E-state index >= 15 is 0 Å². The van der Waals surface area contributed by atoms with Crippen LogP contribution in [0.4, 0.5) is 0 Å². The molecule has 7 heteroatoms. The van der Waals surface area contributed by atoms with Gasteiger partial charge >= 0.3 is 0 Å². The van der Waals surface area contributed by atoms with E-state index in [1.807, 2.05) is 0 Å². The number of carbonyl (C=O) groups is 1. The molecule has 5 nitrogen and oxygen atoms in total. The number of benzene rings is 1. The number of nitrogens with zero attached hydrogens (tertiary/aromatic N) is 1. The van der Waals surface area contributed by atoms with Crippen molar-refractivity contribution < 1.29 is 13.2 Å². The summed E-state index contributed by atoms with van der Waals surface area (Å²) >= 11 is 5.86. The number of piperidine rings is 1. The number of halogens is 1. The van der Waals surface area contributed by atoms with E-state index in [1.165, 1.54) is 30.0 Å². The van der Waals surface area contributed by atoms with Gasteiger partial charge in [0.15, 0.2) is 0 Å². The Bertz CT molecular complexity index is 720. The fraction of sp³-hybridized carbons (Fsp3) is 0.650. The molecular weight excluding hydrogens is 384 g/mol. The number of amides is 1. The van der Waals surface area contributed by atoms with Gasteiger partial charge in [-0.1, -0.05) is 49.4 Å². The lowest BCUT2D eigenvalue weighted by Crippen LogP contribution is -2.45. The smallest absolute Gasteiger partial charge is 0.223 e. The van der Waals surface area contributed by atoms with Gasteiger partial charge in [-0.3, -0.25) is 4.79 Å². The molecule has 1 saturated heterocycles. The Morgan fingerprint density at radius 2 is 1.59 bits per heavy atom. The summed E-state index contributed by atoms with van der Waals surface area (Å²) in [6.45, 7) is 0.831. The molecule has 0 unspecified atom stereocenters. The molecule has 150 valence electrons. The monoisotopic (exact) mass is 412 g/mol. The summed E-state index contributed by atoms with van der Waals surface area (Å²) in [6.07, 6.45) is 8.22. The van der Waals surface area contributed by atoms with Crippen molar-refractivity contribution in [2.24, 2.45) is 5.92 Å². The molecule has 1 amide bonds. The lowest BCUT2D eigenvalue weighted by atomic mass is 9.96. The third-order valence-corrected chi connectivity index (χ3v) is 7.78. The maximum absolute atomic E-state index is 12.7. The van der Waals surface area contributed by atoms with Gasteiger partial charge in [-0.15, -0.1) is 0 Å². The largest absolute Gasteiger partial charge is 0.353 e. The van der Waals surface area contributed by atoms with Crippen molar-refractivity contribution in [3.8, 4) is 0 Å². The van der Waals surface area contributed by atoms with Crippen LogP contribution in [0.3, 0.4) is 0 Å². The van der Waals surface area contributed by atoms with Crippen LogP contribution in [0.1, 0.15) is 56.9 Å². The second-order valence-electron chi connectivity index (χ2n) is 7.75. The second kappa shape index (κ2) is 9.39. The topological polar surface area (TPSA) is 66.5 Å². The molecule has 1 aromatic carbocycles. The fourth-order valence-electron chi connectivity index (χ4n) is 4.02. The number of sulfonamides is 1. The second-order valence-corrected chi connectivity index (χ2v) is 10.2. The average molecular weight is 413 g/mol. The van der Waals surface area contributed by atoms with Gasteiger partial charge in [0, 0.05) is 30.1 Å². The Kier molecular flexibility index (Phi) is 7.17. The lowest BCUT2D eigenvalue weighted by Gasteiger charge is -2.31. The highest BCUT2D eigenvalue weighted by atomic mass is 35.5. The molecule has 1 aliphatic carbocycles. The summed E-state index contributed by atoms with van der Waals surface area (Å²) in [5, 5.41) is 3.80. The van der Waals surface area contributed by atoms with Gasteiger partial charge in [0.1, 0.15) is 0 Å². The van der Waals surface area contributed by atoms with Gasteiger partial charge < -0.3 is 5.32 Å². The van der Waals surface area contributed by atoms with Crippen molar-refractivity contribution in [3.05, 3.63) is 34.9 Å². The van der Waals surface area contributed by atoms with E-state index in [4.69, 9.17) is 11.6 Å². The number of rotatable bonds is 5. The zero-order valence-corrected chi connectivity index (χ0v) is 17.3. The van der Waals surface area contributed by atoms with Gasteiger partial charge in [-0.05, 0) is 43.4 Å². The minimum atomic E-state index is -3.37. The first-order valence-corrected chi connectivity index (χ1v) is 12.0. The molecule has 2 aliphatic rings. The zero-order chi connectivity index (χ0) is 19.3. The highest BCUT2D eigenvalue weighted by Gasteiger charge is 2.31. The van der Waals surface area contributed by atoms with Crippen LogP contribution in [0.2, 0.25) is 5.02 Å². The number of hydrogen-bond donors (Lipinski definition) is 1. The molecule has 1 N–H and O–H groups in total. The molecule has 1 aromatic rings. The van der Waals surface area contributed by atoms with E-state index in [2.05, 4.69) is 5.32 Å². The van der Waals surface area contributed by atoms with Crippen molar-refractivity contribution in [2.75, 3.05) is 13.1 Å². The Morgan fingerprint density at radius 3 is 2.19 bits per heavy atom. The van der Waals surface area contributed by atoms with E-state index < -0.39 is 10.0 Å². The van der Waals surface area contributed by atoms with Crippen LogP contribution >= 0.6 is 11.6 Å². The molecular formula is C20H29ClN2O3S. The van der Waals surface area contributed by atoms with Crippen molar-refractivity contribution in [3.63, 3.8) is 0 Å². The van der Waals surface area contributed by atoms with Crippen molar-refractivity contribution in [2.45, 2.75) is 63.2 Å². The third kappa shape index (κ3) is 5.93. The fourth-order valence-corrected chi connectivity index (χ4v) is 5.71. The molecule has 0 atom stereocenters. The van der Waals surface area contributed by atoms with Crippen LogP contribution in [0.25, 0.3) is 0 Å². The Balaban J connectivity index is 1.49. The number of hydrogen-bond acceptors (Lipinski definition) is 3.